The van der Waals surface area contributed by atoms with Crippen molar-refractivity contribution in [2.24, 2.45) is 5.73 Å². The summed E-state index contributed by atoms with van der Waals surface area (Å²) in [7, 11) is 0. The molecule has 0 aliphatic heterocycles. The van der Waals surface area contributed by atoms with Gasteiger partial charge in [-0.2, -0.15) is 10.2 Å². The van der Waals surface area contributed by atoms with Crippen molar-refractivity contribution >= 4 is 0 Å². The Bertz CT molecular complexity index is 360. The van der Waals surface area contributed by atoms with Gasteiger partial charge in [0, 0.05) is 18.7 Å². The van der Waals surface area contributed by atoms with Crippen LogP contribution in [0.5, 0.6) is 0 Å². The quantitative estimate of drug-likeness (QED) is 0.816. The summed E-state index contributed by atoms with van der Waals surface area (Å²) in [4.78, 5) is 0. The second kappa shape index (κ2) is 4.66. The van der Waals surface area contributed by atoms with Crippen molar-refractivity contribution in [2.45, 2.75) is 5.92 Å². The normalized spacial score (nSPS) is 12.3. The Labute approximate surface area is 89.0 Å². The van der Waals surface area contributed by atoms with Gasteiger partial charge in [-0.25, -0.2) is 0 Å². The standard InChI is InChI=1S/C12H13N3/c13-8-12(10-4-2-1-3-5-10)11-6-7-14-15-9-11/h1-7,9,12H,8,13H2/t12-/m1/s1. The first kappa shape index (κ1) is 9.80. The molecular weight excluding hydrogens is 186 g/mol. The van der Waals surface area contributed by atoms with Crippen LogP contribution in [-0.4, -0.2) is 16.7 Å². The van der Waals surface area contributed by atoms with Crippen LogP contribution in [-0.2, 0) is 0 Å². The van der Waals surface area contributed by atoms with E-state index in [4.69, 9.17) is 5.73 Å². The third-order valence-electron chi connectivity index (χ3n) is 2.45. The zero-order valence-electron chi connectivity index (χ0n) is 8.38. The third-order valence-corrected chi connectivity index (χ3v) is 2.45. The van der Waals surface area contributed by atoms with Crippen LogP contribution >= 0.6 is 0 Å². The van der Waals surface area contributed by atoms with Crippen LogP contribution in [0.25, 0.3) is 0 Å². The molecule has 0 unspecified atom stereocenters. The molecule has 0 fully saturated rings. The number of benzene rings is 1. The van der Waals surface area contributed by atoms with Crippen molar-refractivity contribution in [1.82, 2.24) is 10.2 Å². The molecule has 0 radical (unpaired) electrons. The molecule has 1 aromatic carbocycles. The van der Waals surface area contributed by atoms with Crippen LogP contribution in [0, 0.1) is 0 Å². The van der Waals surface area contributed by atoms with E-state index in [9.17, 15) is 0 Å². The highest BCUT2D eigenvalue weighted by atomic mass is 15.1. The summed E-state index contributed by atoms with van der Waals surface area (Å²) in [5, 5.41) is 7.64. The number of nitrogens with two attached hydrogens (primary N) is 1. The largest absolute Gasteiger partial charge is 0.330 e. The van der Waals surface area contributed by atoms with Gasteiger partial charge in [-0.15, -0.1) is 0 Å². The second-order valence-corrected chi connectivity index (χ2v) is 3.37. The Morgan fingerprint density at radius 1 is 1.00 bits per heavy atom. The molecule has 1 aromatic heterocycles. The van der Waals surface area contributed by atoms with E-state index in [-0.39, 0.29) is 5.92 Å². The molecule has 2 aromatic rings. The van der Waals surface area contributed by atoms with Gasteiger partial charge in [0.25, 0.3) is 0 Å². The van der Waals surface area contributed by atoms with Gasteiger partial charge < -0.3 is 5.73 Å². The van der Waals surface area contributed by atoms with Crippen LogP contribution in [0.1, 0.15) is 17.0 Å². The third kappa shape index (κ3) is 2.19. The Balaban J connectivity index is 2.34. The first-order chi connectivity index (χ1) is 7.42. The Hall–Kier alpha value is -1.74. The van der Waals surface area contributed by atoms with Gasteiger partial charge >= 0.3 is 0 Å². The summed E-state index contributed by atoms with van der Waals surface area (Å²) < 4.78 is 0. The van der Waals surface area contributed by atoms with Crippen molar-refractivity contribution in [2.75, 3.05) is 6.54 Å². The zero-order chi connectivity index (χ0) is 10.5. The Morgan fingerprint density at radius 2 is 1.80 bits per heavy atom. The lowest BCUT2D eigenvalue weighted by Gasteiger charge is -2.14. The van der Waals surface area contributed by atoms with E-state index >= 15 is 0 Å². The summed E-state index contributed by atoms with van der Waals surface area (Å²) in [5.41, 5.74) is 8.11. The number of rotatable bonds is 3. The summed E-state index contributed by atoms with van der Waals surface area (Å²) >= 11 is 0. The minimum absolute atomic E-state index is 0.210. The fourth-order valence-electron chi connectivity index (χ4n) is 1.66. The van der Waals surface area contributed by atoms with Gasteiger partial charge in [0.05, 0.1) is 6.20 Å². The summed E-state index contributed by atoms with van der Waals surface area (Å²) in [5.74, 6) is 0.210. The maximum Gasteiger partial charge on any atom is 0.0534 e. The van der Waals surface area contributed by atoms with Gasteiger partial charge in [-0.1, -0.05) is 30.3 Å². The molecule has 0 aliphatic carbocycles. The molecule has 3 nitrogen and oxygen atoms in total. The van der Waals surface area contributed by atoms with Crippen LogP contribution in [0.2, 0.25) is 0 Å². The first-order valence-electron chi connectivity index (χ1n) is 4.93. The Kier molecular flexibility index (Phi) is 3.05. The molecule has 0 amide bonds. The SMILES string of the molecule is NC[C@H](c1ccccc1)c1ccnnc1. The lowest BCUT2D eigenvalue weighted by atomic mass is 9.93. The molecule has 15 heavy (non-hydrogen) atoms. The van der Waals surface area contributed by atoms with Crippen LogP contribution in [0.3, 0.4) is 0 Å². The monoisotopic (exact) mass is 199 g/mol. The van der Waals surface area contributed by atoms with E-state index in [2.05, 4.69) is 22.3 Å². The van der Waals surface area contributed by atoms with E-state index in [0.29, 0.717) is 6.54 Å². The van der Waals surface area contributed by atoms with Crippen LogP contribution in [0.4, 0.5) is 0 Å². The molecule has 76 valence electrons. The van der Waals surface area contributed by atoms with Gasteiger partial charge in [-0.3, -0.25) is 0 Å². The molecule has 3 heteroatoms. The maximum atomic E-state index is 5.79. The highest BCUT2D eigenvalue weighted by Crippen LogP contribution is 2.21. The highest BCUT2D eigenvalue weighted by Gasteiger charge is 2.11. The fourth-order valence-corrected chi connectivity index (χ4v) is 1.66. The van der Waals surface area contributed by atoms with E-state index < -0.39 is 0 Å². The van der Waals surface area contributed by atoms with Crippen molar-refractivity contribution in [1.29, 1.82) is 0 Å². The van der Waals surface area contributed by atoms with Crippen LogP contribution < -0.4 is 5.73 Å². The van der Waals surface area contributed by atoms with Crippen molar-refractivity contribution in [3.63, 3.8) is 0 Å². The lowest BCUT2D eigenvalue weighted by Crippen LogP contribution is -2.14. The number of hydrogen-bond donors (Lipinski definition) is 1. The average molecular weight is 199 g/mol. The molecule has 1 heterocycles. The molecule has 2 N–H and O–H groups in total. The highest BCUT2D eigenvalue weighted by molar-refractivity contribution is 5.30. The second-order valence-electron chi connectivity index (χ2n) is 3.37. The zero-order valence-corrected chi connectivity index (χ0v) is 8.38. The van der Waals surface area contributed by atoms with E-state index in [1.807, 2.05) is 24.3 Å². The van der Waals surface area contributed by atoms with Gasteiger partial charge in [0.1, 0.15) is 0 Å². The number of nitrogens with zero attached hydrogens (tertiary/aromatic N) is 2. The minimum atomic E-state index is 0.210. The molecule has 0 saturated heterocycles. The molecule has 0 bridgehead atoms. The van der Waals surface area contributed by atoms with E-state index in [1.165, 1.54) is 5.56 Å². The predicted molar refractivity (Wildman–Crippen MR) is 59.4 cm³/mol. The maximum absolute atomic E-state index is 5.79. The van der Waals surface area contributed by atoms with Crippen LogP contribution in [0.15, 0.2) is 48.8 Å². The van der Waals surface area contributed by atoms with Gasteiger partial charge in [-0.05, 0) is 17.2 Å². The van der Waals surface area contributed by atoms with Crippen molar-refractivity contribution in [3.05, 3.63) is 59.9 Å². The summed E-state index contributed by atoms with van der Waals surface area (Å²) in [6.07, 6.45) is 3.46. The number of hydrogen-bond acceptors (Lipinski definition) is 3. The first-order valence-corrected chi connectivity index (χ1v) is 4.93. The van der Waals surface area contributed by atoms with Gasteiger partial charge in [0.15, 0.2) is 0 Å². The molecule has 0 saturated carbocycles. The van der Waals surface area contributed by atoms with Crippen molar-refractivity contribution < 1.29 is 0 Å². The summed E-state index contributed by atoms with van der Waals surface area (Å²) in [6.45, 7) is 0.579. The average Bonchev–Trinajstić information content (AvgIpc) is 2.33. The molecule has 1 atom stereocenters. The minimum Gasteiger partial charge on any atom is -0.330 e. The number of aromatic nitrogens is 2. The van der Waals surface area contributed by atoms with Gasteiger partial charge in [0.2, 0.25) is 0 Å². The predicted octanol–water partition coefficient (Wildman–Crippen LogP) is 1.57. The van der Waals surface area contributed by atoms with E-state index in [1.54, 1.807) is 12.4 Å². The smallest absolute Gasteiger partial charge is 0.0534 e. The topological polar surface area (TPSA) is 51.8 Å². The molecule has 0 spiro atoms. The fraction of sp³-hybridized carbons (Fsp3) is 0.167. The lowest BCUT2D eigenvalue weighted by molar-refractivity contribution is 0.803. The molecule has 2 rings (SSSR count). The molecular formula is C12H13N3. The Morgan fingerprint density at radius 3 is 2.40 bits per heavy atom. The summed E-state index contributed by atoms with van der Waals surface area (Å²) in [6, 6.07) is 12.2. The van der Waals surface area contributed by atoms with E-state index in [0.717, 1.165) is 5.56 Å². The van der Waals surface area contributed by atoms with Crippen molar-refractivity contribution in [3.8, 4) is 0 Å². The molecule has 0 aliphatic rings.